The normalized spacial score (nSPS) is 9.24. The Kier molecular flexibility index (Phi) is 4.65. The lowest BCUT2D eigenvalue weighted by Crippen LogP contribution is -2.07. The Morgan fingerprint density at radius 2 is 1.94 bits per heavy atom. The van der Waals surface area contributed by atoms with E-state index in [1.54, 1.807) is 30.3 Å². The maximum absolute atomic E-state index is 12.0. The molecular weight excluding hydrogens is 226 g/mol. The molecule has 5 heteroatoms. The van der Waals surface area contributed by atoms with E-state index in [-0.39, 0.29) is 11.3 Å². The minimum Gasteiger partial charge on any atom is -0.487 e. The molecule has 1 rings (SSSR count). The summed E-state index contributed by atoms with van der Waals surface area (Å²) in [4.78, 5) is 0. The van der Waals surface area contributed by atoms with Crippen LogP contribution in [0.1, 0.15) is 5.56 Å². The van der Waals surface area contributed by atoms with Crippen LogP contribution in [0.25, 0.3) is 6.08 Å². The van der Waals surface area contributed by atoms with E-state index in [1.807, 2.05) is 0 Å². The summed E-state index contributed by atoms with van der Waals surface area (Å²) in [5.41, 5.74) is 0.310. The highest BCUT2D eigenvalue weighted by Gasteiger charge is 2.06. The summed E-state index contributed by atoms with van der Waals surface area (Å²) in [6.45, 7) is -0.723. The number of benzene rings is 1. The van der Waals surface area contributed by atoms with Gasteiger partial charge in [-0.3, -0.25) is 0 Å². The highest BCUT2D eigenvalue weighted by Crippen LogP contribution is 2.21. The molecule has 0 amide bonds. The van der Waals surface area contributed by atoms with Gasteiger partial charge >= 0.3 is 0 Å². The third-order valence-electron chi connectivity index (χ3n) is 1.82. The Morgan fingerprint density at radius 3 is 2.53 bits per heavy atom. The Labute approximate surface area is 97.2 Å². The molecule has 0 aliphatic heterocycles. The van der Waals surface area contributed by atoms with E-state index in [0.717, 1.165) is 0 Å². The number of rotatable bonds is 4. The van der Waals surface area contributed by atoms with Crippen molar-refractivity contribution in [3.8, 4) is 17.9 Å². The summed E-state index contributed by atoms with van der Waals surface area (Å²) in [6.07, 6.45) is -1.28. The number of hydrogen-bond acceptors (Lipinski definition) is 3. The van der Waals surface area contributed by atoms with Crippen LogP contribution >= 0.6 is 0 Å². The first-order valence-corrected chi connectivity index (χ1v) is 4.69. The first kappa shape index (κ1) is 12.7. The fraction of sp³-hybridized carbons (Fsp3) is 0.167. The van der Waals surface area contributed by atoms with Crippen LogP contribution < -0.4 is 4.74 Å². The van der Waals surface area contributed by atoms with E-state index in [0.29, 0.717) is 5.56 Å². The Hall–Kier alpha value is -2.40. The van der Waals surface area contributed by atoms with Gasteiger partial charge in [0.25, 0.3) is 6.43 Å². The summed E-state index contributed by atoms with van der Waals surface area (Å²) in [7, 11) is 0. The van der Waals surface area contributed by atoms with Gasteiger partial charge < -0.3 is 4.74 Å². The fourth-order valence-corrected chi connectivity index (χ4v) is 1.13. The third-order valence-corrected chi connectivity index (χ3v) is 1.82. The molecule has 1 aromatic carbocycles. The minimum absolute atomic E-state index is 0.113. The van der Waals surface area contributed by atoms with Crippen LogP contribution in [0, 0.1) is 22.7 Å². The molecule has 0 radical (unpaired) electrons. The lowest BCUT2D eigenvalue weighted by atomic mass is 10.1. The van der Waals surface area contributed by atoms with Crippen molar-refractivity contribution in [2.45, 2.75) is 6.43 Å². The molecule has 0 unspecified atom stereocenters. The van der Waals surface area contributed by atoms with Gasteiger partial charge in [0.1, 0.15) is 30.1 Å². The Balaban J connectivity index is 2.97. The van der Waals surface area contributed by atoms with Crippen molar-refractivity contribution in [3.05, 3.63) is 35.4 Å². The van der Waals surface area contributed by atoms with Crippen molar-refractivity contribution < 1.29 is 13.5 Å². The van der Waals surface area contributed by atoms with Gasteiger partial charge in [0.05, 0.1) is 0 Å². The van der Waals surface area contributed by atoms with Gasteiger partial charge in [-0.25, -0.2) is 8.78 Å². The molecule has 0 spiro atoms. The number of hydrogen-bond donors (Lipinski definition) is 0. The van der Waals surface area contributed by atoms with Crippen LogP contribution in [0.5, 0.6) is 5.75 Å². The maximum Gasteiger partial charge on any atom is 0.272 e. The summed E-state index contributed by atoms with van der Waals surface area (Å²) in [5.74, 6) is 0.218. The van der Waals surface area contributed by atoms with Crippen LogP contribution in [0.15, 0.2) is 29.8 Å². The second-order valence-corrected chi connectivity index (χ2v) is 3.02. The largest absolute Gasteiger partial charge is 0.487 e. The third kappa shape index (κ3) is 3.92. The molecule has 0 bridgehead atoms. The SMILES string of the molecule is N#CC(C#N)=Cc1ccccc1OCC(F)F. The van der Waals surface area contributed by atoms with E-state index in [2.05, 4.69) is 0 Å². The number of halogens is 2. The summed E-state index contributed by atoms with van der Waals surface area (Å²) >= 11 is 0. The van der Waals surface area contributed by atoms with E-state index in [9.17, 15) is 8.78 Å². The van der Waals surface area contributed by atoms with E-state index in [4.69, 9.17) is 15.3 Å². The van der Waals surface area contributed by atoms with Gasteiger partial charge in [-0.05, 0) is 12.1 Å². The summed E-state index contributed by atoms with van der Waals surface area (Å²) in [5, 5.41) is 17.2. The topological polar surface area (TPSA) is 56.8 Å². The van der Waals surface area contributed by atoms with E-state index >= 15 is 0 Å². The number of allylic oxidation sites excluding steroid dienone is 1. The molecule has 0 heterocycles. The predicted molar refractivity (Wildman–Crippen MR) is 57.1 cm³/mol. The molecule has 0 atom stereocenters. The van der Waals surface area contributed by atoms with Crippen LogP contribution in [-0.2, 0) is 0 Å². The fourth-order valence-electron chi connectivity index (χ4n) is 1.13. The molecule has 0 aliphatic carbocycles. The van der Waals surface area contributed by atoms with Gasteiger partial charge in [0.2, 0.25) is 0 Å². The van der Waals surface area contributed by atoms with Gasteiger partial charge in [0.15, 0.2) is 0 Å². The molecule has 17 heavy (non-hydrogen) atoms. The van der Waals surface area contributed by atoms with Crippen molar-refractivity contribution in [2.75, 3.05) is 6.61 Å². The van der Waals surface area contributed by atoms with Gasteiger partial charge in [0, 0.05) is 5.56 Å². The van der Waals surface area contributed by atoms with Crippen LogP contribution in [0.3, 0.4) is 0 Å². The highest BCUT2D eigenvalue weighted by molar-refractivity contribution is 5.66. The number of alkyl halides is 2. The number of nitrogens with zero attached hydrogens (tertiary/aromatic N) is 2. The van der Waals surface area contributed by atoms with Crippen molar-refractivity contribution >= 4 is 6.08 Å². The quantitative estimate of drug-likeness (QED) is 0.752. The average molecular weight is 234 g/mol. The molecule has 1 aromatic rings. The number of para-hydroxylation sites is 1. The molecule has 86 valence electrons. The maximum atomic E-state index is 12.0. The number of ether oxygens (including phenoxy) is 1. The first-order chi connectivity index (χ1) is 8.17. The monoisotopic (exact) mass is 234 g/mol. The van der Waals surface area contributed by atoms with Crippen molar-refractivity contribution in [1.82, 2.24) is 0 Å². The van der Waals surface area contributed by atoms with Gasteiger partial charge in [-0.2, -0.15) is 10.5 Å². The van der Waals surface area contributed by atoms with Crippen molar-refractivity contribution in [2.24, 2.45) is 0 Å². The Morgan fingerprint density at radius 1 is 1.29 bits per heavy atom. The molecular formula is C12H8F2N2O. The van der Waals surface area contributed by atoms with Crippen LogP contribution in [0.2, 0.25) is 0 Å². The van der Waals surface area contributed by atoms with E-state index < -0.39 is 13.0 Å². The molecule has 3 nitrogen and oxygen atoms in total. The van der Waals surface area contributed by atoms with E-state index in [1.165, 1.54) is 12.1 Å². The highest BCUT2D eigenvalue weighted by atomic mass is 19.3. The zero-order valence-corrected chi connectivity index (χ0v) is 8.73. The zero-order chi connectivity index (χ0) is 12.7. The molecule has 0 saturated heterocycles. The van der Waals surface area contributed by atoms with Crippen LogP contribution in [0.4, 0.5) is 8.78 Å². The Bertz CT molecular complexity index is 482. The molecule has 0 saturated carbocycles. The summed E-state index contributed by atoms with van der Waals surface area (Å²) < 4.78 is 28.9. The second-order valence-electron chi connectivity index (χ2n) is 3.02. The van der Waals surface area contributed by atoms with Gasteiger partial charge in [-0.1, -0.05) is 18.2 Å². The first-order valence-electron chi connectivity index (χ1n) is 4.69. The zero-order valence-electron chi connectivity index (χ0n) is 8.73. The molecule has 0 N–H and O–H groups in total. The predicted octanol–water partition coefficient (Wildman–Crippen LogP) is 2.76. The molecule has 0 fully saturated rings. The molecule has 0 aliphatic rings. The lowest BCUT2D eigenvalue weighted by Gasteiger charge is -2.08. The lowest BCUT2D eigenvalue weighted by molar-refractivity contribution is 0.0818. The average Bonchev–Trinajstić information content (AvgIpc) is 2.34. The van der Waals surface area contributed by atoms with Crippen molar-refractivity contribution in [3.63, 3.8) is 0 Å². The standard InChI is InChI=1S/C12H8F2N2O/c13-12(14)8-17-11-4-2-1-3-10(11)5-9(6-15)7-16/h1-5,12H,8H2. The number of nitriles is 2. The van der Waals surface area contributed by atoms with Crippen molar-refractivity contribution in [1.29, 1.82) is 10.5 Å². The minimum atomic E-state index is -2.57. The second kappa shape index (κ2) is 6.24. The van der Waals surface area contributed by atoms with Gasteiger partial charge in [-0.15, -0.1) is 0 Å². The summed E-state index contributed by atoms with van der Waals surface area (Å²) in [6, 6.07) is 9.74. The van der Waals surface area contributed by atoms with Crippen LogP contribution in [-0.4, -0.2) is 13.0 Å². The molecule has 0 aromatic heterocycles. The smallest absolute Gasteiger partial charge is 0.272 e.